The predicted octanol–water partition coefficient (Wildman–Crippen LogP) is 4.16. The number of pyridine rings is 1. The number of hydrogen-bond donors (Lipinski definition) is 1. The minimum Gasteiger partial charge on any atom is -0.361 e. The Bertz CT molecular complexity index is 942. The average molecular weight is 347 g/mol. The molecular weight excluding hydrogens is 326 g/mol. The van der Waals surface area contributed by atoms with Crippen molar-refractivity contribution < 1.29 is 9.32 Å². The number of benzene rings is 1. The van der Waals surface area contributed by atoms with Gasteiger partial charge in [-0.1, -0.05) is 35.5 Å². The molecule has 1 aromatic carbocycles. The van der Waals surface area contributed by atoms with Crippen LogP contribution in [0.5, 0.6) is 0 Å². The van der Waals surface area contributed by atoms with Gasteiger partial charge in [0, 0.05) is 0 Å². The first-order chi connectivity index (χ1) is 12.6. The largest absolute Gasteiger partial charge is 0.361 e. The maximum Gasteiger partial charge on any atom is 0.270 e. The van der Waals surface area contributed by atoms with Crippen molar-refractivity contribution in [2.24, 2.45) is 0 Å². The van der Waals surface area contributed by atoms with E-state index in [9.17, 15) is 4.79 Å². The second-order valence-electron chi connectivity index (χ2n) is 6.72. The molecule has 0 radical (unpaired) electrons. The van der Waals surface area contributed by atoms with Crippen LogP contribution in [0.1, 0.15) is 52.0 Å². The minimum absolute atomic E-state index is 0.0389. The molecule has 2 heterocycles. The standard InChI is InChI=1S/C21H21N3O2/c1-13-20(14(2)26-24-13)18-11-6-12-19(22-18)21(25)23-17-10-5-8-15-7-3-4-9-16(15)17/h3-4,6-7,9,11-12,17H,5,8,10H2,1-2H3,(H,23,25)/t17-/m0/s1. The van der Waals surface area contributed by atoms with Crippen molar-refractivity contribution in [3.63, 3.8) is 0 Å². The van der Waals surface area contributed by atoms with E-state index >= 15 is 0 Å². The van der Waals surface area contributed by atoms with E-state index in [0.717, 1.165) is 30.5 Å². The summed E-state index contributed by atoms with van der Waals surface area (Å²) in [6.07, 6.45) is 3.10. The van der Waals surface area contributed by atoms with Crippen molar-refractivity contribution in [1.29, 1.82) is 0 Å². The molecule has 5 heteroatoms. The van der Waals surface area contributed by atoms with Crippen LogP contribution in [-0.4, -0.2) is 16.0 Å². The number of rotatable bonds is 3. The highest BCUT2D eigenvalue weighted by molar-refractivity contribution is 5.93. The van der Waals surface area contributed by atoms with Crippen LogP contribution in [0.15, 0.2) is 47.0 Å². The number of carbonyl (C=O) groups is 1. The Balaban J connectivity index is 1.59. The van der Waals surface area contributed by atoms with Crippen LogP contribution in [-0.2, 0) is 6.42 Å². The van der Waals surface area contributed by atoms with Gasteiger partial charge in [0.1, 0.15) is 11.5 Å². The van der Waals surface area contributed by atoms with Gasteiger partial charge in [-0.2, -0.15) is 0 Å². The van der Waals surface area contributed by atoms with Gasteiger partial charge in [0.25, 0.3) is 5.91 Å². The summed E-state index contributed by atoms with van der Waals surface area (Å²) >= 11 is 0. The summed E-state index contributed by atoms with van der Waals surface area (Å²) in [4.78, 5) is 17.3. The fourth-order valence-corrected chi connectivity index (χ4v) is 3.69. The number of fused-ring (bicyclic) bond motifs is 1. The van der Waals surface area contributed by atoms with Crippen molar-refractivity contribution in [1.82, 2.24) is 15.5 Å². The Morgan fingerprint density at radius 3 is 2.81 bits per heavy atom. The van der Waals surface area contributed by atoms with E-state index in [4.69, 9.17) is 4.52 Å². The van der Waals surface area contributed by atoms with Crippen LogP contribution in [0, 0.1) is 13.8 Å². The molecule has 1 aliphatic carbocycles. The molecule has 0 saturated carbocycles. The average Bonchev–Trinajstić information content (AvgIpc) is 3.00. The minimum atomic E-state index is -0.152. The Kier molecular flexibility index (Phi) is 4.29. The molecule has 26 heavy (non-hydrogen) atoms. The summed E-state index contributed by atoms with van der Waals surface area (Å²) in [6, 6.07) is 13.8. The first-order valence-electron chi connectivity index (χ1n) is 8.92. The first-order valence-corrected chi connectivity index (χ1v) is 8.92. The van der Waals surface area contributed by atoms with Crippen molar-refractivity contribution in [2.45, 2.75) is 39.2 Å². The SMILES string of the molecule is Cc1noc(C)c1-c1cccc(C(=O)N[C@H]2CCCc3ccccc32)n1. The Hall–Kier alpha value is -2.95. The van der Waals surface area contributed by atoms with Gasteiger partial charge in [0.05, 0.1) is 23.0 Å². The van der Waals surface area contributed by atoms with Crippen LogP contribution in [0.25, 0.3) is 11.3 Å². The molecule has 0 spiro atoms. The van der Waals surface area contributed by atoms with Crippen molar-refractivity contribution in [2.75, 3.05) is 0 Å². The number of carbonyl (C=O) groups excluding carboxylic acids is 1. The van der Waals surface area contributed by atoms with Gasteiger partial charge in [0.15, 0.2) is 0 Å². The normalized spacial score (nSPS) is 16.2. The zero-order valence-corrected chi connectivity index (χ0v) is 15.0. The van der Waals surface area contributed by atoms with Crippen molar-refractivity contribution in [3.8, 4) is 11.3 Å². The van der Waals surface area contributed by atoms with Crippen LogP contribution in [0.3, 0.4) is 0 Å². The lowest BCUT2D eigenvalue weighted by Gasteiger charge is -2.26. The lowest BCUT2D eigenvalue weighted by atomic mass is 9.87. The molecule has 1 N–H and O–H groups in total. The maximum atomic E-state index is 12.8. The lowest BCUT2D eigenvalue weighted by molar-refractivity contribution is 0.0928. The second-order valence-corrected chi connectivity index (χ2v) is 6.72. The Morgan fingerprint density at radius 2 is 2.00 bits per heavy atom. The monoisotopic (exact) mass is 347 g/mol. The highest BCUT2D eigenvalue weighted by Gasteiger charge is 2.23. The number of nitrogens with zero attached hydrogens (tertiary/aromatic N) is 2. The van der Waals surface area contributed by atoms with E-state index < -0.39 is 0 Å². The number of aromatic nitrogens is 2. The van der Waals surface area contributed by atoms with E-state index in [1.165, 1.54) is 11.1 Å². The Labute approximate surface area is 152 Å². The number of hydrogen-bond acceptors (Lipinski definition) is 4. The van der Waals surface area contributed by atoms with Gasteiger partial charge in [0.2, 0.25) is 0 Å². The topological polar surface area (TPSA) is 68.0 Å². The van der Waals surface area contributed by atoms with E-state index in [-0.39, 0.29) is 11.9 Å². The third-order valence-electron chi connectivity index (χ3n) is 4.95. The predicted molar refractivity (Wildman–Crippen MR) is 98.8 cm³/mol. The summed E-state index contributed by atoms with van der Waals surface area (Å²) in [7, 11) is 0. The fraction of sp³-hybridized carbons (Fsp3) is 0.286. The van der Waals surface area contributed by atoms with E-state index in [2.05, 4.69) is 33.7 Å². The second kappa shape index (κ2) is 6.75. The number of amides is 1. The molecule has 2 aromatic heterocycles. The van der Waals surface area contributed by atoms with E-state index in [0.29, 0.717) is 17.1 Å². The van der Waals surface area contributed by atoms with Crippen molar-refractivity contribution in [3.05, 3.63) is 70.7 Å². The molecule has 1 aliphatic rings. The molecule has 0 saturated heterocycles. The zero-order chi connectivity index (χ0) is 18.1. The summed E-state index contributed by atoms with van der Waals surface area (Å²) in [6.45, 7) is 3.72. The molecule has 3 aromatic rings. The highest BCUT2D eigenvalue weighted by atomic mass is 16.5. The first kappa shape index (κ1) is 16.5. The summed E-state index contributed by atoms with van der Waals surface area (Å²) in [5, 5.41) is 7.12. The van der Waals surface area contributed by atoms with Gasteiger partial charge in [-0.05, 0) is 56.4 Å². The molecule has 0 unspecified atom stereocenters. The fourth-order valence-electron chi connectivity index (χ4n) is 3.69. The van der Waals surface area contributed by atoms with Gasteiger partial charge >= 0.3 is 0 Å². The van der Waals surface area contributed by atoms with Gasteiger partial charge < -0.3 is 9.84 Å². The smallest absolute Gasteiger partial charge is 0.270 e. The van der Waals surface area contributed by atoms with Crippen LogP contribution in [0.4, 0.5) is 0 Å². The van der Waals surface area contributed by atoms with E-state index in [1.807, 2.05) is 32.0 Å². The molecule has 0 bridgehead atoms. The van der Waals surface area contributed by atoms with Crippen LogP contribution < -0.4 is 5.32 Å². The molecule has 5 nitrogen and oxygen atoms in total. The van der Waals surface area contributed by atoms with Gasteiger partial charge in [-0.25, -0.2) is 4.98 Å². The van der Waals surface area contributed by atoms with Crippen LogP contribution >= 0.6 is 0 Å². The quantitative estimate of drug-likeness (QED) is 0.772. The highest BCUT2D eigenvalue weighted by Crippen LogP contribution is 2.30. The van der Waals surface area contributed by atoms with Crippen LogP contribution in [0.2, 0.25) is 0 Å². The van der Waals surface area contributed by atoms with Gasteiger partial charge in [-0.3, -0.25) is 4.79 Å². The third kappa shape index (κ3) is 3.01. The summed E-state index contributed by atoms with van der Waals surface area (Å²) in [5.74, 6) is 0.550. The molecular formula is C21H21N3O2. The van der Waals surface area contributed by atoms with E-state index in [1.54, 1.807) is 6.07 Å². The summed E-state index contributed by atoms with van der Waals surface area (Å²) in [5.41, 5.74) is 5.27. The zero-order valence-electron chi connectivity index (χ0n) is 15.0. The maximum absolute atomic E-state index is 12.8. The van der Waals surface area contributed by atoms with Crippen molar-refractivity contribution >= 4 is 5.91 Å². The molecule has 0 fully saturated rings. The number of nitrogens with one attached hydrogen (secondary N) is 1. The summed E-state index contributed by atoms with van der Waals surface area (Å²) < 4.78 is 5.22. The molecule has 0 aliphatic heterocycles. The molecule has 1 amide bonds. The number of aryl methyl sites for hydroxylation is 3. The Morgan fingerprint density at radius 1 is 1.15 bits per heavy atom. The molecule has 132 valence electrons. The van der Waals surface area contributed by atoms with Gasteiger partial charge in [-0.15, -0.1) is 0 Å². The third-order valence-corrected chi connectivity index (χ3v) is 4.95. The molecule has 1 atom stereocenters. The molecule has 4 rings (SSSR count). The lowest BCUT2D eigenvalue weighted by Crippen LogP contribution is -2.31.